The average Bonchev–Trinajstić information content (AvgIpc) is 2.87. The molecule has 0 atom stereocenters. The van der Waals surface area contributed by atoms with Gasteiger partial charge < -0.3 is 13.9 Å². The van der Waals surface area contributed by atoms with E-state index in [1.54, 1.807) is 24.4 Å². The van der Waals surface area contributed by atoms with Crippen LogP contribution in [0, 0.1) is 13.8 Å². The molecule has 0 bridgehead atoms. The number of carbonyl (C=O) groups excluding carboxylic acids is 3. The summed E-state index contributed by atoms with van der Waals surface area (Å²) in [6.45, 7) is 9.12. The van der Waals surface area contributed by atoms with Crippen LogP contribution in [0.15, 0.2) is 17.2 Å². The van der Waals surface area contributed by atoms with E-state index >= 15 is 0 Å². The number of rotatable bonds is 7. The number of pyridine rings is 1. The Morgan fingerprint density at radius 2 is 1.69 bits per heavy atom. The quantitative estimate of drug-likeness (QED) is 0.542. The maximum Gasteiger partial charge on any atom is 0.356 e. The molecule has 0 spiro atoms. The Hall–Kier alpha value is -2.28. The molecule has 0 aliphatic carbocycles. The number of Topliss-reactive ketones (excluding diaryl/α,β-unsaturated/α-hetero) is 1. The standard InChI is InChI=1S/C19H23NO5S/c1-6-24-18(22)14-15-12(4)8-11(3)9-20(15)16(19(23)25-7-2)17(14)26-10-13(5)21/h8-9H,6-7,10H2,1-5H3. The van der Waals surface area contributed by atoms with Crippen LogP contribution in [0.2, 0.25) is 0 Å². The normalized spacial score (nSPS) is 10.8. The number of ketones is 1. The lowest BCUT2D eigenvalue weighted by Crippen LogP contribution is -2.10. The molecule has 0 aliphatic rings. The summed E-state index contributed by atoms with van der Waals surface area (Å²) in [7, 11) is 0. The second-order valence-electron chi connectivity index (χ2n) is 5.90. The molecule has 0 unspecified atom stereocenters. The van der Waals surface area contributed by atoms with Gasteiger partial charge in [-0.25, -0.2) is 9.59 Å². The zero-order valence-corrected chi connectivity index (χ0v) is 16.5. The van der Waals surface area contributed by atoms with E-state index in [1.807, 2.05) is 19.9 Å². The predicted octanol–water partition coefficient (Wildman–Crippen LogP) is 3.59. The summed E-state index contributed by atoms with van der Waals surface area (Å²) in [5.41, 5.74) is 2.94. The van der Waals surface area contributed by atoms with E-state index in [0.29, 0.717) is 16.0 Å². The van der Waals surface area contributed by atoms with Crippen molar-refractivity contribution < 1.29 is 23.9 Å². The van der Waals surface area contributed by atoms with Gasteiger partial charge in [-0.3, -0.25) is 4.79 Å². The monoisotopic (exact) mass is 377 g/mol. The molecular weight excluding hydrogens is 354 g/mol. The van der Waals surface area contributed by atoms with Crippen molar-refractivity contribution in [3.05, 3.63) is 34.6 Å². The van der Waals surface area contributed by atoms with Gasteiger partial charge in [-0.05, 0) is 45.7 Å². The summed E-state index contributed by atoms with van der Waals surface area (Å²) >= 11 is 1.16. The SMILES string of the molecule is CCOC(=O)c1c(SCC(C)=O)c(C(=O)OCC)n2cc(C)cc(C)c12. The van der Waals surface area contributed by atoms with Crippen LogP contribution in [0.4, 0.5) is 0 Å². The highest BCUT2D eigenvalue weighted by atomic mass is 32.2. The molecule has 2 aromatic rings. The number of thioether (sulfide) groups is 1. The number of hydrogen-bond acceptors (Lipinski definition) is 6. The van der Waals surface area contributed by atoms with Crippen molar-refractivity contribution in [1.29, 1.82) is 0 Å². The number of esters is 2. The molecule has 0 aromatic carbocycles. The molecule has 0 saturated heterocycles. The Kier molecular flexibility index (Phi) is 6.47. The van der Waals surface area contributed by atoms with Crippen molar-refractivity contribution in [2.45, 2.75) is 39.5 Å². The van der Waals surface area contributed by atoms with Crippen LogP contribution >= 0.6 is 11.8 Å². The first-order valence-electron chi connectivity index (χ1n) is 8.43. The van der Waals surface area contributed by atoms with Crippen LogP contribution in [0.5, 0.6) is 0 Å². The Morgan fingerprint density at radius 3 is 2.27 bits per heavy atom. The van der Waals surface area contributed by atoms with Crippen LogP contribution in [-0.2, 0) is 14.3 Å². The first-order valence-corrected chi connectivity index (χ1v) is 9.42. The number of carbonyl (C=O) groups is 3. The van der Waals surface area contributed by atoms with E-state index in [-0.39, 0.29) is 30.4 Å². The third-order valence-electron chi connectivity index (χ3n) is 3.68. The molecule has 0 amide bonds. The van der Waals surface area contributed by atoms with Gasteiger partial charge in [0.15, 0.2) is 0 Å². The number of fused-ring (bicyclic) bond motifs is 1. The van der Waals surface area contributed by atoms with Crippen molar-refractivity contribution in [2.75, 3.05) is 19.0 Å². The fourth-order valence-electron chi connectivity index (χ4n) is 2.83. The minimum absolute atomic E-state index is 0.0530. The van der Waals surface area contributed by atoms with E-state index in [4.69, 9.17) is 9.47 Å². The third kappa shape index (κ3) is 3.93. The van der Waals surface area contributed by atoms with Crippen LogP contribution < -0.4 is 0 Å². The number of nitrogens with zero attached hydrogens (tertiary/aromatic N) is 1. The summed E-state index contributed by atoms with van der Waals surface area (Å²) in [5.74, 6) is -0.955. The zero-order valence-electron chi connectivity index (χ0n) is 15.7. The van der Waals surface area contributed by atoms with Gasteiger partial charge in [0.1, 0.15) is 11.5 Å². The molecule has 2 heterocycles. The van der Waals surface area contributed by atoms with Crippen LogP contribution in [0.25, 0.3) is 5.52 Å². The lowest BCUT2D eigenvalue weighted by Gasteiger charge is -2.07. The molecule has 140 valence electrons. The number of hydrogen-bond donors (Lipinski definition) is 0. The summed E-state index contributed by atoms with van der Waals surface area (Å²) in [6.07, 6.45) is 1.79. The molecule has 0 N–H and O–H groups in total. The molecule has 7 heteroatoms. The molecule has 6 nitrogen and oxygen atoms in total. The lowest BCUT2D eigenvalue weighted by atomic mass is 10.1. The smallest absolute Gasteiger partial charge is 0.356 e. The zero-order chi connectivity index (χ0) is 19.4. The van der Waals surface area contributed by atoms with Crippen molar-refractivity contribution >= 4 is 35.0 Å². The molecule has 2 aromatic heterocycles. The van der Waals surface area contributed by atoms with Crippen molar-refractivity contribution in [3.8, 4) is 0 Å². The van der Waals surface area contributed by atoms with Gasteiger partial charge in [-0.1, -0.05) is 6.07 Å². The lowest BCUT2D eigenvalue weighted by molar-refractivity contribution is -0.114. The van der Waals surface area contributed by atoms with Gasteiger partial charge in [-0.2, -0.15) is 0 Å². The van der Waals surface area contributed by atoms with Crippen molar-refractivity contribution in [3.63, 3.8) is 0 Å². The largest absolute Gasteiger partial charge is 0.462 e. The second kappa shape index (κ2) is 8.40. The van der Waals surface area contributed by atoms with Gasteiger partial charge in [-0.15, -0.1) is 11.8 Å². The van der Waals surface area contributed by atoms with Gasteiger partial charge in [0.25, 0.3) is 0 Å². The highest BCUT2D eigenvalue weighted by molar-refractivity contribution is 8.00. The number of aromatic nitrogens is 1. The molecule has 2 rings (SSSR count). The van der Waals surface area contributed by atoms with Gasteiger partial charge in [0, 0.05) is 6.20 Å². The Balaban J connectivity index is 2.85. The number of ether oxygens (including phenoxy) is 2. The molecule has 0 saturated carbocycles. The Labute approximate surface area is 156 Å². The average molecular weight is 377 g/mol. The molecule has 26 heavy (non-hydrogen) atoms. The summed E-state index contributed by atoms with van der Waals surface area (Å²) in [6, 6.07) is 1.94. The summed E-state index contributed by atoms with van der Waals surface area (Å²) in [5, 5.41) is 0. The van der Waals surface area contributed by atoms with Gasteiger partial charge in [0.05, 0.1) is 34.9 Å². The summed E-state index contributed by atoms with van der Waals surface area (Å²) in [4.78, 5) is 37.2. The van der Waals surface area contributed by atoms with Crippen molar-refractivity contribution in [1.82, 2.24) is 4.40 Å². The third-order valence-corrected chi connectivity index (χ3v) is 4.92. The highest BCUT2D eigenvalue weighted by Crippen LogP contribution is 2.36. The van der Waals surface area contributed by atoms with Gasteiger partial charge in [0.2, 0.25) is 0 Å². The highest BCUT2D eigenvalue weighted by Gasteiger charge is 2.30. The predicted molar refractivity (Wildman–Crippen MR) is 100 cm³/mol. The fourth-order valence-corrected chi connectivity index (χ4v) is 3.82. The summed E-state index contributed by atoms with van der Waals surface area (Å²) < 4.78 is 12.1. The van der Waals surface area contributed by atoms with E-state index in [0.717, 1.165) is 22.9 Å². The fraction of sp³-hybridized carbons (Fsp3) is 0.421. The van der Waals surface area contributed by atoms with Crippen LogP contribution in [-0.4, -0.2) is 41.1 Å². The van der Waals surface area contributed by atoms with E-state index in [9.17, 15) is 14.4 Å². The van der Waals surface area contributed by atoms with E-state index in [2.05, 4.69) is 0 Å². The Morgan fingerprint density at radius 1 is 1.08 bits per heavy atom. The molecule has 0 aliphatic heterocycles. The first-order chi connectivity index (χ1) is 12.3. The number of aryl methyl sites for hydroxylation is 2. The first kappa shape index (κ1) is 20.0. The van der Waals surface area contributed by atoms with Crippen molar-refractivity contribution in [2.24, 2.45) is 0 Å². The van der Waals surface area contributed by atoms with E-state index < -0.39 is 11.9 Å². The molecule has 0 fully saturated rings. The van der Waals surface area contributed by atoms with Crippen LogP contribution in [0.1, 0.15) is 52.7 Å². The molecular formula is C19H23NO5S. The maximum absolute atomic E-state index is 12.7. The Bertz CT molecular complexity index is 869. The maximum atomic E-state index is 12.7. The van der Waals surface area contributed by atoms with E-state index in [1.165, 1.54) is 6.92 Å². The minimum atomic E-state index is -0.533. The van der Waals surface area contributed by atoms with Crippen LogP contribution in [0.3, 0.4) is 0 Å². The van der Waals surface area contributed by atoms with Gasteiger partial charge >= 0.3 is 11.9 Å². The second-order valence-corrected chi connectivity index (χ2v) is 6.89. The minimum Gasteiger partial charge on any atom is -0.462 e. The topological polar surface area (TPSA) is 74.1 Å². The molecule has 0 radical (unpaired) electrons.